The van der Waals surface area contributed by atoms with Crippen LogP contribution in [0.1, 0.15) is 53.4 Å². The average Bonchev–Trinajstić information content (AvgIpc) is 2.12. The van der Waals surface area contributed by atoms with E-state index in [0.29, 0.717) is 5.92 Å². The highest BCUT2D eigenvalue weighted by molar-refractivity contribution is 4.97. The van der Waals surface area contributed by atoms with Crippen molar-refractivity contribution in [3.05, 3.63) is 0 Å². The molecule has 2 saturated heterocycles. The Labute approximate surface area is 92.8 Å². The molecule has 0 aromatic rings. The molecular formula is C12H24N2O. The number of piperidine rings is 2. The third kappa shape index (κ3) is 2.05. The van der Waals surface area contributed by atoms with E-state index in [1.807, 2.05) is 0 Å². The van der Waals surface area contributed by atoms with Crippen molar-refractivity contribution in [1.29, 1.82) is 0 Å². The molecule has 2 atom stereocenters. The first-order valence-corrected chi connectivity index (χ1v) is 6.08. The molecule has 2 rings (SSSR count). The van der Waals surface area contributed by atoms with Gasteiger partial charge in [-0.2, -0.15) is 5.06 Å². The van der Waals surface area contributed by atoms with Gasteiger partial charge in [-0.15, -0.1) is 0 Å². The van der Waals surface area contributed by atoms with E-state index < -0.39 is 0 Å². The molecule has 0 aromatic heterocycles. The van der Waals surface area contributed by atoms with Gasteiger partial charge >= 0.3 is 0 Å². The van der Waals surface area contributed by atoms with Crippen LogP contribution in [0.15, 0.2) is 0 Å². The third-order valence-corrected chi connectivity index (χ3v) is 4.14. The van der Waals surface area contributed by atoms with Gasteiger partial charge in [-0.1, -0.05) is 0 Å². The zero-order chi connectivity index (χ0) is 11.3. The van der Waals surface area contributed by atoms with Gasteiger partial charge in [0.1, 0.15) is 0 Å². The van der Waals surface area contributed by atoms with Crippen LogP contribution in [0.25, 0.3) is 0 Å². The summed E-state index contributed by atoms with van der Waals surface area (Å²) in [4.78, 5) is 0. The van der Waals surface area contributed by atoms with E-state index in [1.54, 1.807) is 5.06 Å². The molecule has 2 aliphatic heterocycles. The lowest BCUT2D eigenvalue weighted by Gasteiger charge is -2.53. The molecule has 0 bridgehead atoms. The van der Waals surface area contributed by atoms with E-state index in [4.69, 9.17) is 0 Å². The van der Waals surface area contributed by atoms with Crippen LogP contribution in [0, 0.1) is 5.92 Å². The Morgan fingerprint density at radius 3 is 2.40 bits per heavy atom. The first-order chi connectivity index (χ1) is 6.82. The Morgan fingerprint density at radius 1 is 1.13 bits per heavy atom. The van der Waals surface area contributed by atoms with Crippen molar-refractivity contribution < 1.29 is 5.21 Å². The maximum absolute atomic E-state index is 10.2. The number of hydroxylamine groups is 2. The topological polar surface area (TPSA) is 35.5 Å². The van der Waals surface area contributed by atoms with Crippen LogP contribution in [-0.2, 0) is 0 Å². The first kappa shape index (κ1) is 11.4. The van der Waals surface area contributed by atoms with Crippen LogP contribution in [-0.4, -0.2) is 27.5 Å². The average molecular weight is 212 g/mol. The monoisotopic (exact) mass is 212 g/mol. The molecule has 0 radical (unpaired) electrons. The van der Waals surface area contributed by atoms with Gasteiger partial charge in [-0.3, -0.25) is 5.32 Å². The predicted molar refractivity (Wildman–Crippen MR) is 60.7 cm³/mol. The standard InChI is InChI=1S/C12H24N2O/c1-11(2)7-5-9-6-8-12(3,4)14(15)10(9)13-11/h9-10,13,15H,5-8H2,1-4H3. The Morgan fingerprint density at radius 2 is 1.73 bits per heavy atom. The maximum Gasteiger partial charge on any atom is 0.0879 e. The van der Waals surface area contributed by atoms with Crippen molar-refractivity contribution in [3.63, 3.8) is 0 Å². The number of nitrogens with zero attached hydrogens (tertiary/aromatic N) is 1. The Hall–Kier alpha value is -0.120. The molecule has 2 N–H and O–H groups in total. The largest absolute Gasteiger partial charge is 0.312 e. The van der Waals surface area contributed by atoms with E-state index >= 15 is 0 Å². The highest BCUT2D eigenvalue weighted by Gasteiger charge is 2.45. The summed E-state index contributed by atoms with van der Waals surface area (Å²) in [5.74, 6) is 0.621. The molecule has 2 unspecified atom stereocenters. The molecule has 2 fully saturated rings. The molecule has 0 aliphatic carbocycles. The van der Waals surface area contributed by atoms with Crippen molar-refractivity contribution in [2.24, 2.45) is 5.92 Å². The Balaban J connectivity index is 2.14. The zero-order valence-electron chi connectivity index (χ0n) is 10.4. The minimum Gasteiger partial charge on any atom is -0.312 e. The molecule has 0 aromatic carbocycles. The summed E-state index contributed by atoms with van der Waals surface area (Å²) in [6.45, 7) is 8.68. The molecule has 0 saturated carbocycles. The van der Waals surface area contributed by atoms with Gasteiger partial charge in [0.15, 0.2) is 0 Å². The lowest BCUT2D eigenvalue weighted by molar-refractivity contribution is -0.244. The van der Waals surface area contributed by atoms with Crippen molar-refractivity contribution in [3.8, 4) is 0 Å². The van der Waals surface area contributed by atoms with Crippen LogP contribution in [0.3, 0.4) is 0 Å². The van der Waals surface area contributed by atoms with E-state index in [-0.39, 0.29) is 17.2 Å². The predicted octanol–water partition coefficient (Wildman–Crippen LogP) is 2.35. The SMILES string of the molecule is CC1(C)CCC2CCC(C)(C)N(O)C2N1. The fourth-order valence-electron chi connectivity index (χ4n) is 2.89. The van der Waals surface area contributed by atoms with Crippen molar-refractivity contribution in [2.75, 3.05) is 0 Å². The highest BCUT2D eigenvalue weighted by atomic mass is 16.5. The summed E-state index contributed by atoms with van der Waals surface area (Å²) in [6.07, 6.45) is 4.92. The van der Waals surface area contributed by atoms with Crippen molar-refractivity contribution in [1.82, 2.24) is 10.4 Å². The number of hydrogen-bond donors (Lipinski definition) is 2. The van der Waals surface area contributed by atoms with Crippen LogP contribution in [0.5, 0.6) is 0 Å². The number of rotatable bonds is 0. The summed E-state index contributed by atoms with van der Waals surface area (Å²) in [7, 11) is 0. The molecule has 2 heterocycles. The smallest absolute Gasteiger partial charge is 0.0879 e. The molecule has 3 heteroatoms. The van der Waals surface area contributed by atoms with Crippen LogP contribution in [0.2, 0.25) is 0 Å². The lowest BCUT2D eigenvalue weighted by atomic mass is 9.76. The van der Waals surface area contributed by atoms with Gasteiger partial charge in [0.25, 0.3) is 0 Å². The molecule has 88 valence electrons. The van der Waals surface area contributed by atoms with Gasteiger partial charge in [-0.05, 0) is 59.3 Å². The lowest BCUT2D eigenvalue weighted by Crippen LogP contribution is -2.66. The third-order valence-electron chi connectivity index (χ3n) is 4.14. The minimum absolute atomic E-state index is 0.0818. The summed E-state index contributed by atoms with van der Waals surface area (Å²) in [5, 5.41) is 15.4. The number of nitrogens with one attached hydrogen (secondary N) is 1. The van der Waals surface area contributed by atoms with Crippen LogP contribution < -0.4 is 5.32 Å². The fourth-order valence-corrected chi connectivity index (χ4v) is 2.89. The summed E-state index contributed by atoms with van der Waals surface area (Å²) < 4.78 is 0. The van der Waals surface area contributed by atoms with Crippen molar-refractivity contribution >= 4 is 0 Å². The Bertz CT molecular complexity index is 248. The molecule has 3 nitrogen and oxygen atoms in total. The number of fused-ring (bicyclic) bond motifs is 1. The second-order valence-corrected chi connectivity index (χ2v) is 6.47. The highest BCUT2D eigenvalue weighted by Crippen LogP contribution is 2.39. The van der Waals surface area contributed by atoms with E-state index in [9.17, 15) is 5.21 Å². The van der Waals surface area contributed by atoms with E-state index in [1.165, 1.54) is 19.3 Å². The van der Waals surface area contributed by atoms with Crippen LogP contribution >= 0.6 is 0 Å². The molecule has 0 spiro atoms. The summed E-state index contributed by atoms with van der Waals surface area (Å²) >= 11 is 0. The fraction of sp³-hybridized carbons (Fsp3) is 1.00. The van der Waals surface area contributed by atoms with Gasteiger partial charge < -0.3 is 5.21 Å². The van der Waals surface area contributed by atoms with Crippen molar-refractivity contribution in [2.45, 2.75) is 70.6 Å². The van der Waals surface area contributed by atoms with E-state index in [0.717, 1.165) is 6.42 Å². The molecular weight excluding hydrogens is 188 g/mol. The normalized spacial score (nSPS) is 39.8. The van der Waals surface area contributed by atoms with E-state index in [2.05, 4.69) is 33.0 Å². The Kier molecular flexibility index (Phi) is 2.61. The quantitative estimate of drug-likeness (QED) is 0.647. The molecule has 2 aliphatic rings. The molecule has 0 amide bonds. The number of hydrogen-bond acceptors (Lipinski definition) is 3. The summed E-state index contributed by atoms with van der Waals surface area (Å²) in [5.41, 5.74) is 0.0805. The maximum atomic E-state index is 10.2. The zero-order valence-corrected chi connectivity index (χ0v) is 10.4. The van der Waals surface area contributed by atoms with Crippen LogP contribution in [0.4, 0.5) is 0 Å². The van der Waals surface area contributed by atoms with Gasteiger partial charge in [0.2, 0.25) is 0 Å². The summed E-state index contributed by atoms with van der Waals surface area (Å²) in [6, 6.07) is 0. The second kappa shape index (κ2) is 3.44. The van der Waals surface area contributed by atoms with Gasteiger partial charge in [0.05, 0.1) is 6.17 Å². The first-order valence-electron chi connectivity index (χ1n) is 6.08. The minimum atomic E-state index is -0.0818. The van der Waals surface area contributed by atoms with Gasteiger partial charge in [-0.25, -0.2) is 0 Å². The van der Waals surface area contributed by atoms with Gasteiger partial charge in [0, 0.05) is 11.1 Å². The molecule has 15 heavy (non-hydrogen) atoms. The second-order valence-electron chi connectivity index (χ2n) is 6.47.